The highest BCUT2D eigenvalue weighted by Crippen LogP contribution is 2.28. The number of nitrogens with one attached hydrogen (secondary N) is 1. The third-order valence-electron chi connectivity index (χ3n) is 4.86. The second-order valence-corrected chi connectivity index (χ2v) is 8.44. The van der Waals surface area contributed by atoms with Gasteiger partial charge in [-0.2, -0.15) is 0 Å². The molecule has 1 N–H and O–H groups in total. The summed E-state index contributed by atoms with van der Waals surface area (Å²) in [5.74, 6) is 0.788. The van der Waals surface area contributed by atoms with E-state index in [-0.39, 0.29) is 11.8 Å². The maximum absolute atomic E-state index is 12.6. The summed E-state index contributed by atoms with van der Waals surface area (Å²) in [6.45, 7) is 3.31. The Bertz CT molecular complexity index is 855. The molecular weight excluding hydrogens is 398 g/mol. The standard InChI is InChI=1S/C20H24ClN3O3S/c1-13-22-17(12-28-13)20(26)24-9-3-4-14(11-24)5-8-19(25)23-16-10-15(21)6-7-18(16)27-2/h6-7,10,12,14H,3-5,8-9,11H2,1-2H3,(H,23,25). The summed E-state index contributed by atoms with van der Waals surface area (Å²) in [4.78, 5) is 31.1. The van der Waals surface area contributed by atoms with Gasteiger partial charge in [0.1, 0.15) is 11.4 Å². The number of rotatable bonds is 6. The number of benzene rings is 1. The maximum Gasteiger partial charge on any atom is 0.273 e. The highest BCUT2D eigenvalue weighted by molar-refractivity contribution is 7.09. The molecule has 2 heterocycles. The van der Waals surface area contributed by atoms with Crippen LogP contribution in [0, 0.1) is 12.8 Å². The van der Waals surface area contributed by atoms with Crippen LogP contribution in [-0.4, -0.2) is 41.9 Å². The van der Waals surface area contributed by atoms with Crippen LogP contribution in [-0.2, 0) is 4.79 Å². The Balaban J connectivity index is 1.52. The smallest absolute Gasteiger partial charge is 0.273 e. The van der Waals surface area contributed by atoms with Gasteiger partial charge in [-0.25, -0.2) is 4.98 Å². The molecule has 0 radical (unpaired) electrons. The minimum atomic E-state index is -0.0841. The first-order valence-electron chi connectivity index (χ1n) is 9.31. The molecule has 0 spiro atoms. The molecule has 1 unspecified atom stereocenters. The summed E-state index contributed by atoms with van der Waals surface area (Å²) >= 11 is 7.49. The zero-order valence-electron chi connectivity index (χ0n) is 16.0. The number of halogens is 1. The van der Waals surface area contributed by atoms with Crippen molar-refractivity contribution in [3.05, 3.63) is 39.3 Å². The van der Waals surface area contributed by atoms with E-state index in [4.69, 9.17) is 16.3 Å². The summed E-state index contributed by atoms with van der Waals surface area (Å²) in [5.41, 5.74) is 1.09. The van der Waals surface area contributed by atoms with Gasteiger partial charge >= 0.3 is 0 Å². The van der Waals surface area contributed by atoms with Gasteiger partial charge in [-0.1, -0.05) is 11.6 Å². The number of likely N-dealkylation sites (tertiary alicyclic amines) is 1. The minimum Gasteiger partial charge on any atom is -0.495 e. The quantitative estimate of drug-likeness (QED) is 0.751. The van der Waals surface area contributed by atoms with Gasteiger partial charge in [-0.05, 0) is 50.3 Å². The first-order chi connectivity index (χ1) is 13.5. The molecule has 2 aromatic rings. The van der Waals surface area contributed by atoms with Gasteiger partial charge in [0, 0.05) is 29.9 Å². The van der Waals surface area contributed by atoms with E-state index >= 15 is 0 Å². The molecule has 2 amide bonds. The maximum atomic E-state index is 12.6. The largest absolute Gasteiger partial charge is 0.495 e. The summed E-state index contributed by atoms with van der Waals surface area (Å²) in [7, 11) is 1.55. The predicted molar refractivity (Wildman–Crippen MR) is 111 cm³/mol. The van der Waals surface area contributed by atoms with Crippen molar-refractivity contribution < 1.29 is 14.3 Å². The van der Waals surface area contributed by atoms with Gasteiger partial charge < -0.3 is 15.0 Å². The van der Waals surface area contributed by atoms with E-state index in [1.54, 1.807) is 25.3 Å². The zero-order chi connectivity index (χ0) is 20.1. The fraction of sp³-hybridized carbons (Fsp3) is 0.450. The van der Waals surface area contributed by atoms with Crippen LogP contribution in [0.5, 0.6) is 5.75 Å². The van der Waals surface area contributed by atoms with E-state index in [0.29, 0.717) is 41.0 Å². The molecule has 1 aliphatic heterocycles. The third-order valence-corrected chi connectivity index (χ3v) is 5.87. The van der Waals surface area contributed by atoms with E-state index in [9.17, 15) is 9.59 Å². The average molecular weight is 422 g/mol. The van der Waals surface area contributed by atoms with E-state index in [2.05, 4.69) is 10.3 Å². The number of hydrogen-bond acceptors (Lipinski definition) is 5. The lowest BCUT2D eigenvalue weighted by Crippen LogP contribution is -2.40. The Morgan fingerprint density at radius 1 is 1.43 bits per heavy atom. The van der Waals surface area contributed by atoms with Crippen molar-refractivity contribution in [3.63, 3.8) is 0 Å². The zero-order valence-corrected chi connectivity index (χ0v) is 17.6. The number of ether oxygens (including phenoxy) is 1. The monoisotopic (exact) mass is 421 g/mol. The van der Waals surface area contributed by atoms with E-state index in [0.717, 1.165) is 30.8 Å². The molecule has 8 heteroatoms. The van der Waals surface area contributed by atoms with E-state index in [1.165, 1.54) is 11.3 Å². The van der Waals surface area contributed by atoms with Crippen LogP contribution in [0.25, 0.3) is 0 Å². The number of thiazole rings is 1. The molecule has 0 aliphatic carbocycles. The number of amides is 2. The molecule has 0 bridgehead atoms. The van der Waals surface area contributed by atoms with Crippen LogP contribution >= 0.6 is 22.9 Å². The van der Waals surface area contributed by atoms with Gasteiger partial charge in [0.25, 0.3) is 5.91 Å². The number of aryl methyl sites for hydroxylation is 1. The van der Waals surface area contributed by atoms with Crippen LogP contribution in [0.2, 0.25) is 5.02 Å². The van der Waals surface area contributed by atoms with Crippen LogP contribution in [0.15, 0.2) is 23.6 Å². The lowest BCUT2D eigenvalue weighted by Gasteiger charge is -2.32. The van der Waals surface area contributed by atoms with E-state index < -0.39 is 0 Å². The normalized spacial score (nSPS) is 16.7. The van der Waals surface area contributed by atoms with E-state index in [1.807, 2.05) is 17.2 Å². The molecule has 28 heavy (non-hydrogen) atoms. The molecule has 6 nitrogen and oxygen atoms in total. The Morgan fingerprint density at radius 2 is 2.25 bits per heavy atom. The number of anilines is 1. The number of aromatic nitrogens is 1. The lowest BCUT2D eigenvalue weighted by atomic mass is 9.93. The number of carbonyl (C=O) groups is 2. The third kappa shape index (κ3) is 5.23. The Hall–Kier alpha value is -2.12. The molecule has 1 atom stereocenters. The van der Waals surface area contributed by atoms with Crippen LogP contribution in [0.3, 0.4) is 0 Å². The van der Waals surface area contributed by atoms with Crippen LogP contribution in [0.1, 0.15) is 41.2 Å². The molecule has 150 valence electrons. The SMILES string of the molecule is COc1ccc(Cl)cc1NC(=O)CCC1CCCN(C(=O)c2csc(C)n2)C1. The predicted octanol–water partition coefficient (Wildman–Crippen LogP) is 4.38. The van der Waals surface area contributed by atoms with Crippen molar-refractivity contribution in [2.45, 2.75) is 32.6 Å². The topological polar surface area (TPSA) is 71.5 Å². The summed E-state index contributed by atoms with van der Waals surface area (Å²) in [6, 6.07) is 5.12. The van der Waals surface area contributed by atoms with Crippen molar-refractivity contribution in [3.8, 4) is 5.75 Å². The fourth-order valence-electron chi connectivity index (χ4n) is 3.43. The number of piperidine rings is 1. The van der Waals surface area contributed by atoms with Gasteiger partial charge in [0.15, 0.2) is 0 Å². The number of methoxy groups -OCH3 is 1. The van der Waals surface area contributed by atoms with Gasteiger partial charge in [0.05, 0.1) is 17.8 Å². The van der Waals surface area contributed by atoms with Crippen molar-refractivity contribution in [2.24, 2.45) is 5.92 Å². The number of carbonyl (C=O) groups excluding carboxylic acids is 2. The highest BCUT2D eigenvalue weighted by Gasteiger charge is 2.26. The Kier molecular flexibility index (Phi) is 6.91. The van der Waals surface area contributed by atoms with Crippen LogP contribution < -0.4 is 10.1 Å². The molecule has 1 fully saturated rings. The average Bonchev–Trinajstić information content (AvgIpc) is 3.12. The molecular formula is C20H24ClN3O3S. The summed E-state index contributed by atoms with van der Waals surface area (Å²) in [5, 5.41) is 6.11. The minimum absolute atomic E-state index is 0.0119. The van der Waals surface area contributed by atoms with Gasteiger partial charge in [0.2, 0.25) is 5.91 Å². The lowest BCUT2D eigenvalue weighted by molar-refractivity contribution is -0.116. The number of nitrogens with zero attached hydrogens (tertiary/aromatic N) is 2. The second-order valence-electron chi connectivity index (χ2n) is 6.94. The van der Waals surface area contributed by atoms with Crippen LogP contribution in [0.4, 0.5) is 5.69 Å². The summed E-state index contributed by atoms with van der Waals surface area (Å²) < 4.78 is 5.26. The molecule has 0 saturated carbocycles. The number of hydrogen-bond donors (Lipinski definition) is 1. The summed E-state index contributed by atoms with van der Waals surface area (Å²) in [6.07, 6.45) is 3.09. The molecule has 3 rings (SSSR count). The first kappa shape index (κ1) is 20.6. The van der Waals surface area contributed by atoms with Crippen molar-refractivity contribution in [1.82, 2.24) is 9.88 Å². The molecule has 1 aromatic carbocycles. The first-order valence-corrected chi connectivity index (χ1v) is 10.6. The molecule has 1 aromatic heterocycles. The van der Waals surface area contributed by atoms with Crippen molar-refractivity contribution in [1.29, 1.82) is 0 Å². The second kappa shape index (κ2) is 9.39. The highest BCUT2D eigenvalue weighted by atomic mass is 35.5. The Labute approximate surface area is 173 Å². The van der Waals surface area contributed by atoms with Gasteiger partial charge in [-0.3, -0.25) is 9.59 Å². The van der Waals surface area contributed by atoms with Gasteiger partial charge in [-0.15, -0.1) is 11.3 Å². The molecule has 1 saturated heterocycles. The Morgan fingerprint density at radius 3 is 2.96 bits per heavy atom. The van der Waals surface area contributed by atoms with Crippen molar-refractivity contribution in [2.75, 3.05) is 25.5 Å². The molecule has 1 aliphatic rings. The van der Waals surface area contributed by atoms with Crippen molar-refractivity contribution >= 4 is 40.4 Å². The fourth-order valence-corrected chi connectivity index (χ4v) is 4.19.